The van der Waals surface area contributed by atoms with Gasteiger partial charge in [-0.15, -0.1) is 0 Å². The minimum absolute atomic E-state index is 0.240. The molecule has 20 heavy (non-hydrogen) atoms. The molecule has 0 unspecified atom stereocenters. The fourth-order valence-corrected chi connectivity index (χ4v) is 2.18. The van der Waals surface area contributed by atoms with Crippen molar-refractivity contribution in [2.24, 2.45) is 0 Å². The molecular weight excluding hydrogens is 246 g/mol. The SMILES string of the molecule is Cc1ccc(-c2ccc(C#N)c(NC(C)C)n2)c(C)c1. The molecule has 0 aliphatic rings. The number of nitrogens with one attached hydrogen (secondary N) is 1. The molecule has 1 aromatic carbocycles. The van der Waals surface area contributed by atoms with E-state index in [1.54, 1.807) is 0 Å². The van der Waals surface area contributed by atoms with Gasteiger partial charge >= 0.3 is 0 Å². The lowest BCUT2D eigenvalue weighted by Crippen LogP contribution is -2.12. The number of nitriles is 1. The maximum atomic E-state index is 9.15. The van der Waals surface area contributed by atoms with E-state index in [-0.39, 0.29) is 6.04 Å². The van der Waals surface area contributed by atoms with E-state index in [1.165, 1.54) is 11.1 Å². The largest absolute Gasteiger partial charge is 0.367 e. The Kier molecular flexibility index (Phi) is 4.05. The van der Waals surface area contributed by atoms with Crippen molar-refractivity contribution in [3.05, 3.63) is 47.0 Å². The van der Waals surface area contributed by atoms with E-state index < -0.39 is 0 Å². The van der Waals surface area contributed by atoms with Crippen LogP contribution in [0.4, 0.5) is 5.82 Å². The molecule has 0 aliphatic heterocycles. The summed E-state index contributed by atoms with van der Waals surface area (Å²) >= 11 is 0. The van der Waals surface area contributed by atoms with Crippen molar-refractivity contribution < 1.29 is 0 Å². The maximum absolute atomic E-state index is 9.15. The Labute approximate surface area is 120 Å². The van der Waals surface area contributed by atoms with Crippen LogP contribution in [0.25, 0.3) is 11.3 Å². The molecule has 1 heterocycles. The fraction of sp³-hybridized carbons (Fsp3) is 0.294. The summed E-state index contributed by atoms with van der Waals surface area (Å²) in [5.41, 5.74) is 5.00. The van der Waals surface area contributed by atoms with E-state index in [2.05, 4.69) is 48.4 Å². The number of aromatic nitrogens is 1. The molecule has 1 aromatic heterocycles. The normalized spacial score (nSPS) is 10.4. The van der Waals surface area contributed by atoms with Gasteiger partial charge in [-0.25, -0.2) is 4.98 Å². The van der Waals surface area contributed by atoms with Gasteiger partial charge in [-0.2, -0.15) is 5.26 Å². The summed E-state index contributed by atoms with van der Waals surface area (Å²) in [5.74, 6) is 0.653. The molecule has 0 atom stereocenters. The van der Waals surface area contributed by atoms with Gasteiger partial charge in [-0.1, -0.05) is 23.8 Å². The van der Waals surface area contributed by atoms with Gasteiger partial charge in [-0.3, -0.25) is 0 Å². The Hall–Kier alpha value is -2.34. The van der Waals surface area contributed by atoms with E-state index in [0.717, 1.165) is 11.3 Å². The second-order valence-corrected chi connectivity index (χ2v) is 5.32. The van der Waals surface area contributed by atoms with Crippen LogP contribution in [0.1, 0.15) is 30.5 Å². The van der Waals surface area contributed by atoms with Crippen molar-refractivity contribution in [3.63, 3.8) is 0 Å². The van der Waals surface area contributed by atoms with Crippen LogP contribution in [0.3, 0.4) is 0 Å². The third-order valence-electron chi connectivity index (χ3n) is 3.10. The summed E-state index contributed by atoms with van der Waals surface area (Å²) in [6.07, 6.45) is 0. The zero-order valence-electron chi connectivity index (χ0n) is 12.4. The van der Waals surface area contributed by atoms with E-state index >= 15 is 0 Å². The van der Waals surface area contributed by atoms with Crippen molar-refractivity contribution in [2.75, 3.05) is 5.32 Å². The number of benzene rings is 1. The summed E-state index contributed by atoms with van der Waals surface area (Å²) in [5, 5.41) is 12.4. The van der Waals surface area contributed by atoms with Gasteiger partial charge in [0.15, 0.2) is 0 Å². The average Bonchev–Trinajstić information content (AvgIpc) is 2.38. The molecule has 2 aromatic rings. The lowest BCUT2D eigenvalue weighted by atomic mass is 10.0. The van der Waals surface area contributed by atoms with Crippen LogP contribution in [-0.2, 0) is 0 Å². The summed E-state index contributed by atoms with van der Waals surface area (Å²) < 4.78 is 0. The first kappa shape index (κ1) is 14.1. The molecule has 3 nitrogen and oxygen atoms in total. The van der Waals surface area contributed by atoms with E-state index in [4.69, 9.17) is 5.26 Å². The van der Waals surface area contributed by atoms with Crippen molar-refractivity contribution in [2.45, 2.75) is 33.7 Å². The Morgan fingerprint density at radius 3 is 2.50 bits per heavy atom. The van der Waals surface area contributed by atoms with Crippen molar-refractivity contribution >= 4 is 5.82 Å². The van der Waals surface area contributed by atoms with Crippen molar-refractivity contribution in [3.8, 4) is 17.3 Å². The number of pyridine rings is 1. The Morgan fingerprint density at radius 2 is 1.90 bits per heavy atom. The Bertz CT molecular complexity index is 666. The predicted molar refractivity (Wildman–Crippen MR) is 82.6 cm³/mol. The van der Waals surface area contributed by atoms with Gasteiger partial charge in [0.05, 0.1) is 11.3 Å². The summed E-state index contributed by atoms with van der Waals surface area (Å²) in [6, 6.07) is 12.5. The van der Waals surface area contributed by atoms with Gasteiger partial charge < -0.3 is 5.32 Å². The van der Waals surface area contributed by atoms with E-state index in [9.17, 15) is 0 Å². The highest BCUT2D eigenvalue weighted by Gasteiger charge is 2.09. The zero-order valence-corrected chi connectivity index (χ0v) is 12.4. The zero-order chi connectivity index (χ0) is 14.7. The molecule has 0 bridgehead atoms. The van der Waals surface area contributed by atoms with Crippen LogP contribution in [-0.4, -0.2) is 11.0 Å². The highest BCUT2D eigenvalue weighted by molar-refractivity contribution is 5.68. The smallest absolute Gasteiger partial charge is 0.144 e. The van der Waals surface area contributed by atoms with Gasteiger partial charge in [0, 0.05) is 11.6 Å². The molecule has 102 valence electrons. The number of nitrogens with zero attached hydrogens (tertiary/aromatic N) is 2. The van der Waals surface area contributed by atoms with Gasteiger partial charge in [0.2, 0.25) is 0 Å². The van der Waals surface area contributed by atoms with E-state index in [0.29, 0.717) is 11.4 Å². The Balaban J connectivity index is 2.50. The maximum Gasteiger partial charge on any atom is 0.144 e. The standard InChI is InChI=1S/C17H19N3/c1-11(2)19-17-14(10-18)6-8-16(20-17)15-7-5-12(3)9-13(15)4/h5-9,11H,1-4H3,(H,19,20). The van der Waals surface area contributed by atoms with Gasteiger partial charge in [0.25, 0.3) is 0 Å². The van der Waals surface area contributed by atoms with Crippen LogP contribution < -0.4 is 5.32 Å². The first-order valence-electron chi connectivity index (χ1n) is 6.76. The fourth-order valence-electron chi connectivity index (χ4n) is 2.18. The first-order valence-corrected chi connectivity index (χ1v) is 6.76. The number of rotatable bonds is 3. The molecule has 0 amide bonds. The molecule has 0 fully saturated rings. The van der Waals surface area contributed by atoms with Crippen molar-refractivity contribution in [1.82, 2.24) is 4.98 Å². The number of aryl methyl sites for hydroxylation is 2. The number of hydrogen-bond acceptors (Lipinski definition) is 3. The lowest BCUT2D eigenvalue weighted by molar-refractivity contribution is 0.888. The third kappa shape index (κ3) is 2.97. The topological polar surface area (TPSA) is 48.7 Å². The molecule has 0 aliphatic carbocycles. The van der Waals surface area contributed by atoms with Crippen LogP contribution in [0.2, 0.25) is 0 Å². The predicted octanol–water partition coefficient (Wildman–Crippen LogP) is 4.06. The molecule has 2 rings (SSSR count). The Morgan fingerprint density at radius 1 is 1.15 bits per heavy atom. The quantitative estimate of drug-likeness (QED) is 0.910. The highest BCUT2D eigenvalue weighted by atomic mass is 15.0. The van der Waals surface area contributed by atoms with Crippen LogP contribution >= 0.6 is 0 Å². The van der Waals surface area contributed by atoms with Crippen LogP contribution in [0.5, 0.6) is 0 Å². The summed E-state index contributed by atoms with van der Waals surface area (Å²) in [4.78, 5) is 4.61. The van der Waals surface area contributed by atoms with Gasteiger partial charge in [-0.05, 0) is 45.4 Å². The minimum atomic E-state index is 0.240. The van der Waals surface area contributed by atoms with E-state index in [1.807, 2.05) is 26.0 Å². The van der Waals surface area contributed by atoms with Crippen LogP contribution in [0.15, 0.2) is 30.3 Å². The lowest BCUT2D eigenvalue weighted by Gasteiger charge is -2.13. The molecule has 1 N–H and O–H groups in total. The average molecular weight is 265 g/mol. The highest BCUT2D eigenvalue weighted by Crippen LogP contribution is 2.25. The second-order valence-electron chi connectivity index (χ2n) is 5.32. The third-order valence-corrected chi connectivity index (χ3v) is 3.10. The molecule has 0 radical (unpaired) electrons. The van der Waals surface area contributed by atoms with Crippen molar-refractivity contribution in [1.29, 1.82) is 5.26 Å². The minimum Gasteiger partial charge on any atom is -0.367 e. The van der Waals surface area contributed by atoms with Crippen LogP contribution in [0, 0.1) is 25.2 Å². The summed E-state index contributed by atoms with van der Waals surface area (Å²) in [6.45, 7) is 8.23. The second kappa shape index (κ2) is 5.75. The summed E-state index contributed by atoms with van der Waals surface area (Å²) in [7, 11) is 0. The molecule has 0 spiro atoms. The van der Waals surface area contributed by atoms with Gasteiger partial charge in [0.1, 0.15) is 11.9 Å². The molecule has 3 heteroatoms. The monoisotopic (exact) mass is 265 g/mol. The first-order chi connectivity index (χ1) is 9.51. The molecule has 0 saturated heterocycles. The molecule has 0 saturated carbocycles. The number of anilines is 1. The molecular formula is C17H19N3. The number of hydrogen-bond donors (Lipinski definition) is 1.